The van der Waals surface area contributed by atoms with Crippen LogP contribution in [0.2, 0.25) is 0 Å². The van der Waals surface area contributed by atoms with Crippen LogP contribution in [0.25, 0.3) is 6.08 Å². The lowest BCUT2D eigenvalue weighted by Gasteiger charge is -2.24. The van der Waals surface area contributed by atoms with Crippen molar-refractivity contribution in [3.8, 4) is 11.5 Å². The number of amides is 1. The van der Waals surface area contributed by atoms with Crippen molar-refractivity contribution in [2.24, 2.45) is 5.92 Å². The second-order valence-electron chi connectivity index (χ2n) is 5.76. The first kappa shape index (κ1) is 17.6. The van der Waals surface area contributed by atoms with E-state index in [2.05, 4.69) is 10.6 Å². The van der Waals surface area contributed by atoms with E-state index in [4.69, 9.17) is 9.47 Å². The van der Waals surface area contributed by atoms with Crippen molar-refractivity contribution in [2.75, 3.05) is 33.4 Å². The summed E-state index contributed by atoms with van der Waals surface area (Å²) in [4.78, 5) is 12.3. The van der Waals surface area contributed by atoms with E-state index < -0.39 is 0 Å². The molecule has 0 bridgehead atoms. The van der Waals surface area contributed by atoms with Gasteiger partial charge in [0, 0.05) is 12.1 Å². The number of rotatable bonds is 4. The van der Waals surface area contributed by atoms with Crippen molar-refractivity contribution >= 4 is 24.4 Å². The Labute approximate surface area is 142 Å². The first-order chi connectivity index (χ1) is 10.8. The Morgan fingerprint density at radius 3 is 3.09 bits per heavy atom. The Hall–Kier alpha value is -1.72. The quantitative estimate of drug-likeness (QED) is 0.881. The number of halogens is 1. The molecule has 0 radical (unpaired) electrons. The highest BCUT2D eigenvalue weighted by atomic mass is 35.5. The van der Waals surface area contributed by atoms with Crippen LogP contribution >= 0.6 is 12.4 Å². The summed E-state index contributed by atoms with van der Waals surface area (Å²) in [6, 6.07) is 5.68. The molecule has 2 N–H and O–H groups in total. The first-order valence-electron chi connectivity index (χ1n) is 7.77. The van der Waals surface area contributed by atoms with Crippen molar-refractivity contribution in [3.63, 3.8) is 0 Å². The second kappa shape index (κ2) is 8.22. The average Bonchev–Trinajstić information content (AvgIpc) is 2.59. The molecule has 0 aromatic heterocycles. The van der Waals surface area contributed by atoms with Gasteiger partial charge in [0.05, 0.1) is 12.7 Å². The summed E-state index contributed by atoms with van der Waals surface area (Å²) in [6.45, 7) is 3.06. The van der Waals surface area contributed by atoms with Gasteiger partial charge in [-0.15, -0.1) is 12.4 Å². The van der Waals surface area contributed by atoms with Crippen molar-refractivity contribution in [2.45, 2.75) is 12.8 Å². The van der Waals surface area contributed by atoms with Crippen LogP contribution in [0.1, 0.15) is 18.4 Å². The molecule has 2 heterocycles. The van der Waals surface area contributed by atoms with Crippen LogP contribution in [0, 0.1) is 5.92 Å². The minimum absolute atomic E-state index is 0. The van der Waals surface area contributed by atoms with E-state index >= 15 is 0 Å². The number of ether oxygens (including phenoxy) is 2. The van der Waals surface area contributed by atoms with Gasteiger partial charge in [-0.25, -0.2) is 0 Å². The molecule has 1 amide bonds. The van der Waals surface area contributed by atoms with Crippen LogP contribution in [0.15, 0.2) is 23.8 Å². The predicted molar refractivity (Wildman–Crippen MR) is 92.3 cm³/mol. The summed E-state index contributed by atoms with van der Waals surface area (Å²) < 4.78 is 11.0. The SMILES string of the molecule is COc1cccc2c1OCC(C(=O)NCC1CCCNC1)=C2.Cl. The van der Waals surface area contributed by atoms with Crippen LogP contribution in [0.4, 0.5) is 0 Å². The Bertz CT molecular complexity index is 583. The Kier molecular flexibility index (Phi) is 6.30. The van der Waals surface area contributed by atoms with Gasteiger partial charge in [-0.05, 0) is 44.0 Å². The lowest BCUT2D eigenvalue weighted by atomic mass is 9.99. The molecule has 3 rings (SSSR count). The fraction of sp³-hybridized carbons (Fsp3) is 0.471. The molecule has 6 heteroatoms. The molecule has 126 valence electrons. The van der Waals surface area contributed by atoms with E-state index in [-0.39, 0.29) is 24.9 Å². The lowest BCUT2D eigenvalue weighted by molar-refractivity contribution is -0.118. The van der Waals surface area contributed by atoms with Gasteiger partial charge in [0.15, 0.2) is 11.5 Å². The van der Waals surface area contributed by atoms with Gasteiger partial charge in [0.2, 0.25) is 0 Å². The molecule has 1 saturated heterocycles. The standard InChI is InChI=1S/C17H22N2O3.ClH/c1-21-15-6-2-5-13-8-14(11-22-16(13)15)17(20)19-10-12-4-3-7-18-9-12;/h2,5-6,8,12,18H,3-4,7,9-11H2,1H3,(H,19,20);1H. The lowest BCUT2D eigenvalue weighted by Crippen LogP contribution is -2.39. The van der Waals surface area contributed by atoms with E-state index in [1.807, 2.05) is 24.3 Å². The number of nitrogens with one attached hydrogen (secondary N) is 2. The Morgan fingerprint density at radius 1 is 1.48 bits per heavy atom. The summed E-state index contributed by atoms with van der Waals surface area (Å²) in [5, 5.41) is 6.38. The molecule has 1 fully saturated rings. The third-order valence-electron chi connectivity index (χ3n) is 4.17. The monoisotopic (exact) mass is 338 g/mol. The van der Waals surface area contributed by atoms with Crippen LogP contribution in [0.3, 0.4) is 0 Å². The number of carbonyl (C=O) groups is 1. The van der Waals surface area contributed by atoms with Gasteiger partial charge in [0.1, 0.15) is 6.61 Å². The van der Waals surface area contributed by atoms with Gasteiger partial charge in [-0.2, -0.15) is 0 Å². The molecule has 0 spiro atoms. The minimum atomic E-state index is -0.0426. The van der Waals surface area contributed by atoms with E-state index in [1.54, 1.807) is 7.11 Å². The molecule has 2 aliphatic heterocycles. The second-order valence-corrected chi connectivity index (χ2v) is 5.76. The van der Waals surface area contributed by atoms with Crippen LogP contribution in [-0.2, 0) is 4.79 Å². The van der Waals surface area contributed by atoms with E-state index in [0.717, 1.165) is 18.7 Å². The maximum absolute atomic E-state index is 12.3. The van der Waals surface area contributed by atoms with E-state index in [0.29, 0.717) is 29.5 Å². The highest BCUT2D eigenvalue weighted by Crippen LogP contribution is 2.35. The molecule has 1 aromatic rings. The highest BCUT2D eigenvalue weighted by molar-refractivity contribution is 5.99. The molecule has 1 atom stereocenters. The van der Waals surface area contributed by atoms with Crippen LogP contribution < -0.4 is 20.1 Å². The van der Waals surface area contributed by atoms with E-state index in [1.165, 1.54) is 12.8 Å². The average molecular weight is 339 g/mol. The number of hydrogen-bond donors (Lipinski definition) is 2. The molecule has 5 nitrogen and oxygen atoms in total. The number of methoxy groups -OCH3 is 1. The largest absolute Gasteiger partial charge is 0.493 e. The molecular formula is C17H23ClN2O3. The Balaban J connectivity index is 0.00000192. The summed E-state index contributed by atoms with van der Waals surface area (Å²) >= 11 is 0. The highest BCUT2D eigenvalue weighted by Gasteiger charge is 2.21. The smallest absolute Gasteiger partial charge is 0.250 e. The maximum Gasteiger partial charge on any atom is 0.250 e. The number of carbonyl (C=O) groups excluding carboxylic acids is 1. The minimum Gasteiger partial charge on any atom is -0.493 e. The topological polar surface area (TPSA) is 59.6 Å². The van der Waals surface area contributed by atoms with Crippen molar-refractivity contribution in [1.82, 2.24) is 10.6 Å². The zero-order valence-corrected chi connectivity index (χ0v) is 14.1. The molecule has 23 heavy (non-hydrogen) atoms. The number of piperidine rings is 1. The Morgan fingerprint density at radius 2 is 2.35 bits per heavy atom. The number of para-hydroxylation sites is 1. The molecule has 2 aliphatic rings. The van der Waals surface area contributed by atoms with Crippen LogP contribution in [0.5, 0.6) is 11.5 Å². The summed E-state index contributed by atoms with van der Waals surface area (Å²) in [7, 11) is 1.61. The van der Waals surface area contributed by atoms with E-state index in [9.17, 15) is 4.79 Å². The molecular weight excluding hydrogens is 316 g/mol. The van der Waals surface area contributed by atoms with Gasteiger partial charge in [-0.3, -0.25) is 4.79 Å². The predicted octanol–water partition coefficient (Wildman–Crippen LogP) is 2.01. The summed E-state index contributed by atoms with van der Waals surface area (Å²) in [5.74, 6) is 1.88. The first-order valence-corrected chi connectivity index (χ1v) is 7.77. The number of fused-ring (bicyclic) bond motifs is 1. The van der Waals surface area contributed by atoms with Gasteiger partial charge < -0.3 is 20.1 Å². The zero-order chi connectivity index (χ0) is 15.4. The van der Waals surface area contributed by atoms with Gasteiger partial charge in [-0.1, -0.05) is 12.1 Å². The maximum atomic E-state index is 12.3. The van der Waals surface area contributed by atoms with Crippen molar-refractivity contribution in [3.05, 3.63) is 29.3 Å². The normalized spacial score (nSPS) is 19.5. The number of benzene rings is 1. The van der Waals surface area contributed by atoms with Crippen molar-refractivity contribution < 1.29 is 14.3 Å². The van der Waals surface area contributed by atoms with Gasteiger partial charge in [0.25, 0.3) is 5.91 Å². The van der Waals surface area contributed by atoms with Crippen molar-refractivity contribution in [1.29, 1.82) is 0 Å². The molecule has 1 unspecified atom stereocenters. The molecule has 0 aliphatic carbocycles. The zero-order valence-electron chi connectivity index (χ0n) is 13.3. The third-order valence-corrected chi connectivity index (χ3v) is 4.17. The summed E-state index contributed by atoms with van der Waals surface area (Å²) in [5.41, 5.74) is 1.54. The fourth-order valence-electron chi connectivity index (χ4n) is 2.92. The number of hydrogen-bond acceptors (Lipinski definition) is 4. The fourth-order valence-corrected chi connectivity index (χ4v) is 2.92. The molecule has 0 saturated carbocycles. The van der Waals surface area contributed by atoms with Gasteiger partial charge >= 0.3 is 0 Å². The molecule has 1 aromatic carbocycles. The third kappa shape index (κ3) is 4.18. The summed E-state index contributed by atoms with van der Waals surface area (Å²) in [6.07, 6.45) is 4.23. The van der Waals surface area contributed by atoms with Crippen LogP contribution in [-0.4, -0.2) is 39.3 Å².